The first kappa shape index (κ1) is 15.8. The van der Waals surface area contributed by atoms with Crippen LogP contribution in [0.4, 0.5) is 14.5 Å². The number of methoxy groups -OCH3 is 1. The van der Waals surface area contributed by atoms with Crippen molar-refractivity contribution in [3.63, 3.8) is 0 Å². The van der Waals surface area contributed by atoms with Gasteiger partial charge in [-0.3, -0.25) is 4.79 Å². The largest absolute Gasteiger partial charge is 0.385 e. The molecule has 1 aromatic heterocycles. The van der Waals surface area contributed by atoms with E-state index in [2.05, 4.69) is 10.4 Å². The van der Waals surface area contributed by atoms with Crippen LogP contribution in [0.2, 0.25) is 5.02 Å². The first-order valence-electron chi connectivity index (χ1n) is 5.42. The fourth-order valence-corrected chi connectivity index (χ4v) is 1.44. The molecule has 0 fully saturated rings. The van der Waals surface area contributed by atoms with E-state index in [1.807, 2.05) is 0 Å². The van der Waals surface area contributed by atoms with Crippen molar-refractivity contribution in [1.82, 2.24) is 9.78 Å². The maximum Gasteiger partial charge on any atom is 0.287 e. The smallest absolute Gasteiger partial charge is 0.287 e. The Bertz CT molecular complexity index is 470. The van der Waals surface area contributed by atoms with Crippen LogP contribution < -0.4 is 10.9 Å². The quantitative estimate of drug-likeness (QED) is 0.770. The van der Waals surface area contributed by atoms with Crippen LogP contribution in [0.5, 0.6) is 0 Å². The molecule has 0 aromatic carbocycles. The number of aromatic nitrogens is 2. The molecule has 0 aliphatic rings. The van der Waals surface area contributed by atoms with Gasteiger partial charge in [0.1, 0.15) is 11.1 Å². The molecule has 0 saturated carbocycles. The van der Waals surface area contributed by atoms with Gasteiger partial charge in [-0.25, -0.2) is 13.5 Å². The Morgan fingerprint density at radius 2 is 2.32 bits per heavy atom. The summed E-state index contributed by atoms with van der Waals surface area (Å²) in [6, 6.07) is 0. The summed E-state index contributed by atoms with van der Waals surface area (Å²) in [6.07, 6.45) is -3.48. The van der Waals surface area contributed by atoms with Crippen molar-refractivity contribution >= 4 is 17.3 Å². The fourth-order valence-electron chi connectivity index (χ4n) is 1.23. The number of rotatable bonds is 7. The average molecular weight is 298 g/mol. The summed E-state index contributed by atoms with van der Waals surface area (Å²) in [4.78, 5) is 11.7. The number of anilines is 1. The number of halogens is 3. The van der Waals surface area contributed by atoms with Crippen molar-refractivity contribution in [2.75, 3.05) is 25.6 Å². The van der Waals surface area contributed by atoms with Gasteiger partial charge in [0.05, 0.1) is 25.0 Å². The number of hydrogen-bond donors (Lipinski definition) is 2. The second kappa shape index (κ2) is 7.37. The second-order valence-electron chi connectivity index (χ2n) is 3.68. The van der Waals surface area contributed by atoms with Gasteiger partial charge in [-0.2, -0.15) is 5.10 Å². The molecule has 108 valence electrons. The first-order chi connectivity index (χ1) is 8.97. The highest BCUT2D eigenvalue weighted by Gasteiger charge is 2.17. The molecule has 19 heavy (non-hydrogen) atoms. The third-order valence-corrected chi connectivity index (χ3v) is 2.65. The van der Waals surface area contributed by atoms with Crippen molar-refractivity contribution in [2.24, 2.45) is 0 Å². The molecule has 1 atom stereocenters. The molecule has 0 bridgehead atoms. The molecule has 0 aliphatic carbocycles. The van der Waals surface area contributed by atoms with Gasteiger partial charge in [0.2, 0.25) is 0 Å². The molecule has 0 aliphatic heterocycles. The first-order valence-corrected chi connectivity index (χ1v) is 5.79. The summed E-state index contributed by atoms with van der Waals surface area (Å²) in [6.45, 7) is 0.0929. The Balaban J connectivity index is 2.76. The molecule has 0 radical (unpaired) electrons. The number of ether oxygens (including phenoxy) is 1. The lowest BCUT2D eigenvalue weighted by molar-refractivity contribution is 0.00384. The van der Waals surface area contributed by atoms with E-state index in [1.165, 1.54) is 13.3 Å². The number of aliphatic hydroxyl groups is 1. The minimum absolute atomic E-state index is 0.0973. The predicted octanol–water partition coefficient (Wildman–Crippen LogP) is 0.581. The maximum absolute atomic E-state index is 12.1. The predicted molar refractivity (Wildman–Crippen MR) is 65.9 cm³/mol. The second-order valence-corrected chi connectivity index (χ2v) is 4.05. The molecule has 0 amide bonds. The maximum atomic E-state index is 12.1. The van der Waals surface area contributed by atoms with Crippen LogP contribution in [0, 0.1) is 0 Å². The van der Waals surface area contributed by atoms with Crippen LogP contribution in [0.15, 0.2) is 11.0 Å². The van der Waals surface area contributed by atoms with Crippen LogP contribution in [0.25, 0.3) is 0 Å². The Labute approximate surface area is 112 Å². The lowest BCUT2D eigenvalue weighted by Gasteiger charge is -2.13. The number of nitrogens with one attached hydrogen (secondary N) is 1. The summed E-state index contributed by atoms with van der Waals surface area (Å²) < 4.78 is 30.1. The summed E-state index contributed by atoms with van der Waals surface area (Å²) in [5.41, 5.74) is -0.463. The number of aliphatic hydroxyl groups excluding tert-OH is 1. The lowest BCUT2D eigenvalue weighted by atomic mass is 10.3. The molecule has 2 N–H and O–H groups in total. The van der Waals surface area contributed by atoms with Crippen LogP contribution in [0.1, 0.15) is 0 Å². The normalized spacial score (nSPS) is 12.7. The minimum Gasteiger partial charge on any atom is -0.385 e. The standard InChI is InChI=1S/C10H14ClF2N3O3/c1-19-3-2-16-10(18)8(11)6(4-15-16)14-5-7(17)9(12)13/h4,7,9,14,17H,2-3,5H2,1H3. The topological polar surface area (TPSA) is 76.4 Å². The summed E-state index contributed by atoms with van der Waals surface area (Å²) >= 11 is 5.79. The Morgan fingerprint density at radius 1 is 1.63 bits per heavy atom. The van der Waals surface area contributed by atoms with Crippen LogP contribution in [-0.2, 0) is 11.3 Å². The van der Waals surface area contributed by atoms with Gasteiger partial charge in [0, 0.05) is 13.7 Å². The van der Waals surface area contributed by atoms with E-state index in [9.17, 15) is 13.6 Å². The molecule has 1 rings (SSSR count). The van der Waals surface area contributed by atoms with Gasteiger partial charge < -0.3 is 15.2 Å². The van der Waals surface area contributed by atoms with Crippen molar-refractivity contribution in [2.45, 2.75) is 19.1 Å². The van der Waals surface area contributed by atoms with Gasteiger partial charge >= 0.3 is 0 Å². The Kier molecular flexibility index (Phi) is 6.13. The van der Waals surface area contributed by atoms with Crippen LogP contribution in [-0.4, -0.2) is 47.7 Å². The molecule has 6 nitrogen and oxygen atoms in total. The summed E-state index contributed by atoms with van der Waals surface area (Å²) in [7, 11) is 1.48. The molecule has 0 spiro atoms. The Hall–Kier alpha value is -1.25. The van der Waals surface area contributed by atoms with E-state index in [0.717, 1.165) is 4.68 Å². The average Bonchev–Trinajstić information content (AvgIpc) is 2.38. The minimum atomic E-state index is -2.87. The zero-order valence-corrected chi connectivity index (χ0v) is 10.9. The molecule has 1 aromatic rings. The lowest BCUT2D eigenvalue weighted by Crippen LogP contribution is -2.29. The summed E-state index contributed by atoms with van der Waals surface area (Å²) in [5, 5.41) is 15.0. The zero-order valence-electron chi connectivity index (χ0n) is 10.1. The highest BCUT2D eigenvalue weighted by atomic mass is 35.5. The van der Waals surface area contributed by atoms with E-state index in [0.29, 0.717) is 6.61 Å². The molecule has 9 heteroatoms. The Morgan fingerprint density at radius 3 is 2.89 bits per heavy atom. The number of hydrogen-bond acceptors (Lipinski definition) is 5. The van der Waals surface area contributed by atoms with E-state index in [-0.39, 0.29) is 17.3 Å². The van der Waals surface area contributed by atoms with Gasteiger partial charge in [-0.15, -0.1) is 0 Å². The third-order valence-electron chi connectivity index (χ3n) is 2.28. The van der Waals surface area contributed by atoms with Crippen molar-refractivity contribution in [3.8, 4) is 0 Å². The highest BCUT2D eigenvalue weighted by molar-refractivity contribution is 6.32. The van der Waals surface area contributed by atoms with E-state index < -0.39 is 24.6 Å². The van der Waals surface area contributed by atoms with Gasteiger partial charge in [0.15, 0.2) is 0 Å². The SMILES string of the molecule is COCCn1ncc(NCC(O)C(F)F)c(Cl)c1=O. The van der Waals surface area contributed by atoms with Crippen LogP contribution in [0.3, 0.4) is 0 Å². The summed E-state index contributed by atoms with van der Waals surface area (Å²) in [5.74, 6) is 0. The van der Waals surface area contributed by atoms with Gasteiger partial charge in [-0.1, -0.05) is 11.6 Å². The molecular formula is C10H14ClF2N3O3. The van der Waals surface area contributed by atoms with E-state index in [4.69, 9.17) is 21.4 Å². The third kappa shape index (κ3) is 4.41. The van der Waals surface area contributed by atoms with E-state index in [1.54, 1.807) is 0 Å². The van der Waals surface area contributed by atoms with E-state index >= 15 is 0 Å². The van der Waals surface area contributed by atoms with Crippen LogP contribution >= 0.6 is 11.6 Å². The zero-order chi connectivity index (χ0) is 14.4. The van der Waals surface area contributed by atoms with Gasteiger partial charge in [0.25, 0.3) is 12.0 Å². The van der Waals surface area contributed by atoms with Gasteiger partial charge in [-0.05, 0) is 0 Å². The van der Waals surface area contributed by atoms with Crippen molar-refractivity contribution in [3.05, 3.63) is 21.6 Å². The fraction of sp³-hybridized carbons (Fsp3) is 0.600. The molecule has 1 unspecified atom stereocenters. The molecule has 1 heterocycles. The highest BCUT2D eigenvalue weighted by Crippen LogP contribution is 2.15. The molecule has 0 saturated heterocycles. The number of alkyl halides is 2. The van der Waals surface area contributed by atoms with Crippen molar-refractivity contribution in [1.29, 1.82) is 0 Å². The monoisotopic (exact) mass is 297 g/mol. The number of nitrogens with zero attached hydrogens (tertiary/aromatic N) is 2. The molecular weight excluding hydrogens is 284 g/mol. The van der Waals surface area contributed by atoms with Crippen molar-refractivity contribution < 1.29 is 18.6 Å².